The van der Waals surface area contributed by atoms with E-state index in [1.807, 2.05) is 62.4 Å². The molecule has 34 heavy (non-hydrogen) atoms. The Bertz CT molecular complexity index is 1150. The summed E-state index contributed by atoms with van der Waals surface area (Å²) in [5.74, 6) is 0.572. The number of esters is 1. The minimum Gasteiger partial charge on any atom is -0.497 e. The molecule has 2 aliphatic rings. The largest absolute Gasteiger partial charge is 0.497 e. The molecular weight excluding hydrogens is 430 g/mol. The van der Waals surface area contributed by atoms with E-state index in [2.05, 4.69) is 5.32 Å². The Kier molecular flexibility index (Phi) is 7.06. The monoisotopic (exact) mass is 461 g/mol. The lowest BCUT2D eigenvalue weighted by Gasteiger charge is -2.37. The van der Waals surface area contributed by atoms with Gasteiger partial charge in [-0.2, -0.15) is 0 Å². The number of ketones is 1. The van der Waals surface area contributed by atoms with Crippen LogP contribution in [-0.4, -0.2) is 32.1 Å². The van der Waals surface area contributed by atoms with Crippen molar-refractivity contribution in [3.8, 4) is 11.5 Å². The highest BCUT2D eigenvalue weighted by Gasteiger charge is 2.42. The van der Waals surface area contributed by atoms with E-state index in [9.17, 15) is 9.59 Å². The van der Waals surface area contributed by atoms with Crippen LogP contribution in [0.4, 0.5) is 0 Å². The second-order valence-electron chi connectivity index (χ2n) is 8.48. The Labute approximate surface area is 200 Å². The van der Waals surface area contributed by atoms with E-state index in [4.69, 9.17) is 14.2 Å². The molecule has 2 unspecified atom stereocenters. The van der Waals surface area contributed by atoms with Gasteiger partial charge in [-0.15, -0.1) is 0 Å². The summed E-state index contributed by atoms with van der Waals surface area (Å²) in [4.78, 5) is 26.8. The van der Waals surface area contributed by atoms with Gasteiger partial charge in [-0.1, -0.05) is 30.3 Å². The van der Waals surface area contributed by atoms with Crippen LogP contribution in [0.2, 0.25) is 0 Å². The number of allylic oxidation sites excluding steroid dienone is 3. The maximum atomic E-state index is 13.7. The van der Waals surface area contributed by atoms with E-state index in [1.165, 1.54) is 0 Å². The fourth-order valence-corrected chi connectivity index (χ4v) is 4.95. The van der Waals surface area contributed by atoms with Crippen molar-refractivity contribution in [1.82, 2.24) is 5.32 Å². The Morgan fingerprint density at radius 3 is 2.44 bits per heavy atom. The van der Waals surface area contributed by atoms with Gasteiger partial charge >= 0.3 is 5.97 Å². The molecule has 1 heterocycles. The molecule has 1 N–H and O–H groups in total. The van der Waals surface area contributed by atoms with Crippen molar-refractivity contribution in [2.75, 3.05) is 20.3 Å². The summed E-state index contributed by atoms with van der Waals surface area (Å²) >= 11 is 0. The Morgan fingerprint density at radius 1 is 1.03 bits per heavy atom. The number of Topliss-reactive ketones (excluding diaryl/α,β-unsaturated/α-hetero) is 1. The number of hydrogen-bond acceptors (Lipinski definition) is 6. The first-order chi connectivity index (χ1) is 16.5. The predicted octanol–water partition coefficient (Wildman–Crippen LogP) is 5.02. The zero-order valence-corrected chi connectivity index (χ0v) is 20.1. The van der Waals surface area contributed by atoms with Crippen LogP contribution in [0.1, 0.15) is 56.6 Å². The first-order valence-electron chi connectivity index (χ1n) is 11.7. The molecule has 1 aliphatic heterocycles. The normalized spacial score (nSPS) is 19.9. The van der Waals surface area contributed by atoms with Crippen LogP contribution >= 0.6 is 0 Å². The van der Waals surface area contributed by atoms with Crippen LogP contribution in [-0.2, 0) is 14.3 Å². The summed E-state index contributed by atoms with van der Waals surface area (Å²) in [6.07, 6.45) is 1.05. The number of rotatable bonds is 7. The van der Waals surface area contributed by atoms with Crippen LogP contribution in [0, 0.1) is 0 Å². The van der Waals surface area contributed by atoms with Gasteiger partial charge in [0.1, 0.15) is 11.5 Å². The quantitative estimate of drug-likeness (QED) is 0.584. The van der Waals surface area contributed by atoms with Crippen LogP contribution in [0.5, 0.6) is 11.5 Å². The molecule has 2 atom stereocenters. The minimum absolute atomic E-state index is 0.0279. The number of carbonyl (C=O) groups excluding carboxylic acids is 2. The maximum Gasteiger partial charge on any atom is 0.336 e. The molecule has 2 aromatic carbocycles. The van der Waals surface area contributed by atoms with Crippen LogP contribution in [0.15, 0.2) is 71.1 Å². The fraction of sp³-hybridized carbons (Fsp3) is 0.357. The molecule has 4 rings (SSSR count). The summed E-state index contributed by atoms with van der Waals surface area (Å²) in [5.41, 5.74) is 4.55. The highest BCUT2D eigenvalue weighted by atomic mass is 16.5. The molecule has 0 amide bonds. The maximum absolute atomic E-state index is 13.7. The molecule has 178 valence electrons. The van der Waals surface area contributed by atoms with Crippen molar-refractivity contribution in [3.63, 3.8) is 0 Å². The minimum atomic E-state index is -0.539. The van der Waals surface area contributed by atoms with Crippen molar-refractivity contribution in [2.24, 2.45) is 0 Å². The first-order valence-corrected chi connectivity index (χ1v) is 11.7. The Morgan fingerprint density at radius 2 is 1.76 bits per heavy atom. The lowest BCUT2D eigenvalue weighted by Crippen LogP contribution is -2.36. The number of dihydropyridines is 1. The van der Waals surface area contributed by atoms with E-state index in [-0.39, 0.29) is 18.3 Å². The number of hydrogen-bond donors (Lipinski definition) is 1. The highest BCUT2D eigenvalue weighted by molar-refractivity contribution is 6.04. The molecule has 2 aromatic rings. The molecule has 0 fully saturated rings. The molecule has 0 bridgehead atoms. The van der Waals surface area contributed by atoms with Crippen molar-refractivity contribution in [1.29, 1.82) is 0 Å². The van der Waals surface area contributed by atoms with Crippen LogP contribution in [0.25, 0.3) is 0 Å². The van der Waals surface area contributed by atoms with Gasteiger partial charge < -0.3 is 19.5 Å². The first kappa shape index (κ1) is 23.6. The third kappa shape index (κ3) is 4.45. The predicted molar refractivity (Wildman–Crippen MR) is 130 cm³/mol. The number of para-hydroxylation sites is 1. The van der Waals surface area contributed by atoms with Crippen molar-refractivity contribution in [2.45, 2.75) is 45.4 Å². The van der Waals surface area contributed by atoms with E-state index < -0.39 is 11.9 Å². The smallest absolute Gasteiger partial charge is 0.336 e. The number of methoxy groups -OCH3 is 1. The summed E-state index contributed by atoms with van der Waals surface area (Å²) < 4.78 is 16.6. The molecule has 0 spiro atoms. The van der Waals surface area contributed by atoms with Gasteiger partial charge in [0, 0.05) is 29.0 Å². The molecule has 1 aliphatic carbocycles. The van der Waals surface area contributed by atoms with Gasteiger partial charge in [0.15, 0.2) is 5.78 Å². The molecular formula is C28H31NO5. The Hall–Kier alpha value is -3.54. The van der Waals surface area contributed by atoms with Gasteiger partial charge in [-0.25, -0.2) is 4.79 Å². The van der Waals surface area contributed by atoms with Crippen molar-refractivity contribution >= 4 is 11.8 Å². The second-order valence-corrected chi connectivity index (χ2v) is 8.48. The zero-order valence-electron chi connectivity index (χ0n) is 20.1. The number of nitrogens with one attached hydrogen (secondary N) is 1. The standard InChI is InChI=1S/C28H31NO5/c1-5-33-24-10-8-7-9-21(24)26-25(28(31)34-6-2)17(3)29-22-15-19(16-23(30)27(22)26)18-11-13-20(32-4)14-12-18/h7-14,19,26,29H,5-6,15-16H2,1-4H3. The van der Waals surface area contributed by atoms with E-state index >= 15 is 0 Å². The fourth-order valence-electron chi connectivity index (χ4n) is 4.95. The van der Waals surface area contributed by atoms with Crippen LogP contribution < -0.4 is 14.8 Å². The molecule has 0 aromatic heterocycles. The lowest BCUT2D eigenvalue weighted by atomic mass is 9.71. The van der Waals surface area contributed by atoms with E-state index in [0.29, 0.717) is 42.0 Å². The van der Waals surface area contributed by atoms with E-state index in [1.54, 1.807) is 14.0 Å². The van der Waals surface area contributed by atoms with Gasteiger partial charge in [-0.05, 0) is 56.9 Å². The number of carbonyl (C=O) groups is 2. The second kappa shape index (κ2) is 10.2. The van der Waals surface area contributed by atoms with Gasteiger partial charge in [-0.3, -0.25) is 4.79 Å². The lowest BCUT2D eigenvalue weighted by molar-refractivity contribution is -0.138. The van der Waals surface area contributed by atoms with Crippen LogP contribution in [0.3, 0.4) is 0 Å². The molecule has 0 saturated heterocycles. The van der Waals surface area contributed by atoms with Gasteiger partial charge in [0.2, 0.25) is 0 Å². The third-order valence-corrected chi connectivity index (χ3v) is 6.44. The molecule has 6 nitrogen and oxygen atoms in total. The molecule has 6 heteroatoms. The summed E-state index contributed by atoms with van der Waals surface area (Å²) in [7, 11) is 1.64. The summed E-state index contributed by atoms with van der Waals surface area (Å²) in [6.45, 7) is 6.31. The Balaban J connectivity index is 1.80. The number of ether oxygens (including phenoxy) is 3. The van der Waals surface area contributed by atoms with Crippen molar-refractivity contribution in [3.05, 3.63) is 82.2 Å². The SMILES string of the molecule is CCOC(=O)C1=C(C)NC2=C(C(=O)CC(c3ccc(OC)cc3)C2)C1c1ccccc1OCC. The topological polar surface area (TPSA) is 73.9 Å². The summed E-state index contributed by atoms with van der Waals surface area (Å²) in [5, 5.41) is 3.38. The highest BCUT2D eigenvalue weighted by Crippen LogP contribution is 2.47. The number of benzene rings is 2. The zero-order chi connectivity index (χ0) is 24.2. The van der Waals surface area contributed by atoms with Gasteiger partial charge in [0.05, 0.1) is 31.8 Å². The van der Waals surface area contributed by atoms with Crippen molar-refractivity contribution < 1.29 is 23.8 Å². The van der Waals surface area contributed by atoms with Gasteiger partial charge in [0.25, 0.3) is 0 Å². The third-order valence-electron chi connectivity index (χ3n) is 6.44. The summed E-state index contributed by atoms with van der Waals surface area (Å²) in [6, 6.07) is 15.5. The van der Waals surface area contributed by atoms with E-state index in [0.717, 1.165) is 22.6 Å². The average Bonchev–Trinajstić information content (AvgIpc) is 2.84. The average molecular weight is 462 g/mol. The molecule has 0 radical (unpaired) electrons. The molecule has 0 saturated carbocycles.